The highest BCUT2D eigenvalue weighted by Crippen LogP contribution is 2.36. The Labute approximate surface area is 235 Å². The number of carboxylic acids is 1. The first-order valence-electron chi connectivity index (χ1n) is 13.5. The molecule has 5 rings (SSSR count). The van der Waals surface area contributed by atoms with Crippen molar-refractivity contribution in [2.24, 2.45) is 0 Å². The third-order valence-corrected chi connectivity index (χ3v) is 7.19. The molecule has 0 fully saturated rings. The molecule has 204 valence electrons. The predicted octanol–water partition coefficient (Wildman–Crippen LogP) is 6.90. The minimum Gasteiger partial charge on any atom is -0.491 e. The molecule has 0 aliphatic heterocycles. The van der Waals surface area contributed by atoms with Crippen LogP contribution in [0.3, 0.4) is 0 Å². The molecule has 5 nitrogen and oxygen atoms in total. The Kier molecular flexibility index (Phi) is 8.74. The molecule has 2 atom stereocenters. The fourth-order valence-corrected chi connectivity index (χ4v) is 5.09. The van der Waals surface area contributed by atoms with Gasteiger partial charge in [0.1, 0.15) is 18.5 Å². The molecule has 1 N–H and O–H groups in total. The molecule has 0 aromatic heterocycles. The summed E-state index contributed by atoms with van der Waals surface area (Å²) in [5.41, 5.74) is 9.26. The van der Waals surface area contributed by atoms with E-state index in [9.17, 15) is 9.90 Å². The Morgan fingerprint density at radius 1 is 0.800 bits per heavy atom. The molecular weight excluding hydrogens is 500 g/mol. The lowest BCUT2D eigenvalue weighted by atomic mass is 9.93. The van der Waals surface area contributed by atoms with Crippen LogP contribution in [-0.2, 0) is 27.1 Å². The molecule has 0 radical (unpaired) electrons. The number of carboxylic acid groups (broad SMARTS) is 1. The molecule has 5 heteroatoms. The van der Waals surface area contributed by atoms with E-state index in [1.165, 1.54) is 29.4 Å². The number of carbonyl (C=O) groups is 1. The molecule has 40 heavy (non-hydrogen) atoms. The Morgan fingerprint density at radius 3 is 2.17 bits per heavy atom. The smallest absolute Gasteiger partial charge is 0.333 e. The van der Waals surface area contributed by atoms with E-state index in [0.29, 0.717) is 25.4 Å². The maximum absolute atomic E-state index is 11.2. The zero-order valence-corrected chi connectivity index (χ0v) is 22.9. The molecule has 1 aliphatic rings. The molecule has 0 heterocycles. The normalized spacial score (nSPS) is 14.6. The van der Waals surface area contributed by atoms with Crippen LogP contribution in [-0.4, -0.2) is 37.5 Å². The van der Waals surface area contributed by atoms with Crippen LogP contribution in [0.1, 0.15) is 50.6 Å². The summed E-state index contributed by atoms with van der Waals surface area (Å²) in [6.45, 7) is 2.91. The average Bonchev–Trinajstić information content (AvgIpc) is 3.11. The number of aryl methyl sites for hydroxylation is 1. The summed E-state index contributed by atoms with van der Waals surface area (Å²) in [5.74, 6) is -0.263. The standard InChI is InChI=1S/C35H34O5/c1-24-8-16-31-28(20-24)12-13-29-22-27(21-25-6-4-3-5-7-25)11-17-32(29)34(31)40-19-18-39-30-14-9-26(10-15-30)23-33(38-2)35(36)37/h3-17,20,22,33-34H,18-19,21,23H2,1-2H3,(H,36,37). The summed E-state index contributed by atoms with van der Waals surface area (Å²) in [5, 5.41) is 9.20. The van der Waals surface area contributed by atoms with E-state index in [-0.39, 0.29) is 6.10 Å². The predicted molar refractivity (Wildman–Crippen MR) is 158 cm³/mol. The van der Waals surface area contributed by atoms with Gasteiger partial charge < -0.3 is 19.3 Å². The Balaban J connectivity index is 1.28. The first kappa shape index (κ1) is 27.4. The minimum atomic E-state index is -0.973. The van der Waals surface area contributed by atoms with Crippen LogP contribution in [0, 0.1) is 6.92 Å². The van der Waals surface area contributed by atoms with Crippen molar-refractivity contribution < 1.29 is 24.1 Å². The van der Waals surface area contributed by atoms with Gasteiger partial charge in [0.2, 0.25) is 0 Å². The first-order chi connectivity index (χ1) is 19.5. The highest BCUT2D eigenvalue weighted by Gasteiger charge is 2.23. The van der Waals surface area contributed by atoms with Crippen molar-refractivity contribution in [1.29, 1.82) is 0 Å². The SMILES string of the molecule is COC(Cc1ccc(OCCOC2c3ccc(C)cc3C=Cc3cc(Cc4ccccc4)ccc32)cc1)C(=O)O. The third kappa shape index (κ3) is 6.68. The van der Waals surface area contributed by atoms with Crippen molar-refractivity contribution in [1.82, 2.24) is 0 Å². The summed E-state index contributed by atoms with van der Waals surface area (Å²) >= 11 is 0. The number of fused-ring (bicyclic) bond motifs is 2. The zero-order chi connectivity index (χ0) is 27.9. The van der Waals surface area contributed by atoms with E-state index in [2.05, 4.69) is 79.7 Å². The van der Waals surface area contributed by atoms with Gasteiger partial charge in [0.05, 0.1) is 6.61 Å². The highest BCUT2D eigenvalue weighted by atomic mass is 16.5. The molecule has 4 aromatic rings. The number of methoxy groups -OCH3 is 1. The van der Waals surface area contributed by atoms with Crippen molar-refractivity contribution in [2.75, 3.05) is 20.3 Å². The second kappa shape index (κ2) is 12.8. The van der Waals surface area contributed by atoms with Crippen molar-refractivity contribution in [3.63, 3.8) is 0 Å². The number of ether oxygens (including phenoxy) is 3. The van der Waals surface area contributed by atoms with Crippen LogP contribution in [0.25, 0.3) is 12.2 Å². The Hall–Kier alpha value is -4.19. The van der Waals surface area contributed by atoms with Gasteiger partial charge in [-0.1, -0.05) is 96.6 Å². The summed E-state index contributed by atoms with van der Waals surface area (Å²) in [4.78, 5) is 11.2. The fraction of sp³-hybridized carbons (Fsp3) is 0.229. The molecule has 0 saturated heterocycles. The summed E-state index contributed by atoms with van der Waals surface area (Å²) in [6.07, 6.45) is 4.50. The van der Waals surface area contributed by atoms with E-state index < -0.39 is 12.1 Å². The zero-order valence-electron chi connectivity index (χ0n) is 22.9. The summed E-state index contributed by atoms with van der Waals surface area (Å²) < 4.78 is 17.5. The maximum Gasteiger partial charge on any atom is 0.333 e. The van der Waals surface area contributed by atoms with Gasteiger partial charge in [0.25, 0.3) is 0 Å². The topological polar surface area (TPSA) is 65.0 Å². The number of aliphatic carboxylic acids is 1. The highest BCUT2D eigenvalue weighted by molar-refractivity contribution is 5.77. The van der Waals surface area contributed by atoms with Gasteiger partial charge in [-0.3, -0.25) is 0 Å². The molecule has 0 saturated carbocycles. The first-order valence-corrected chi connectivity index (χ1v) is 13.5. The lowest BCUT2D eigenvalue weighted by Crippen LogP contribution is -2.24. The van der Waals surface area contributed by atoms with Gasteiger partial charge in [-0.25, -0.2) is 4.79 Å². The summed E-state index contributed by atoms with van der Waals surface area (Å²) in [7, 11) is 1.40. The van der Waals surface area contributed by atoms with E-state index >= 15 is 0 Å². The second-order valence-electron chi connectivity index (χ2n) is 10.1. The van der Waals surface area contributed by atoms with Crippen LogP contribution in [0.4, 0.5) is 0 Å². The van der Waals surface area contributed by atoms with Crippen LogP contribution in [0.15, 0.2) is 91.0 Å². The van der Waals surface area contributed by atoms with Crippen molar-refractivity contribution in [3.05, 3.63) is 136 Å². The lowest BCUT2D eigenvalue weighted by Gasteiger charge is -2.22. The molecule has 1 aliphatic carbocycles. The lowest BCUT2D eigenvalue weighted by molar-refractivity contribution is -0.148. The largest absolute Gasteiger partial charge is 0.491 e. The monoisotopic (exact) mass is 534 g/mol. The van der Waals surface area contributed by atoms with Crippen molar-refractivity contribution >= 4 is 18.1 Å². The van der Waals surface area contributed by atoms with Gasteiger partial charge in [-0.05, 0) is 64.4 Å². The van der Waals surface area contributed by atoms with Crippen LogP contribution >= 0.6 is 0 Å². The third-order valence-electron chi connectivity index (χ3n) is 7.19. The van der Waals surface area contributed by atoms with Gasteiger partial charge in [-0.15, -0.1) is 0 Å². The van der Waals surface area contributed by atoms with Crippen LogP contribution in [0.5, 0.6) is 5.75 Å². The van der Waals surface area contributed by atoms with Crippen molar-refractivity contribution in [2.45, 2.75) is 32.0 Å². The minimum absolute atomic E-state index is 0.209. The molecule has 0 spiro atoms. The van der Waals surface area contributed by atoms with E-state index in [1.807, 2.05) is 30.3 Å². The van der Waals surface area contributed by atoms with Gasteiger partial charge in [-0.2, -0.15) is 0 Å². The summed E-state index contributed by atoms with van der Waals surface area (Å²) in [6, 6.07) is 31.1. The number of rotatable bonds is 11. The van der Waals surface area contributed by atoms with Gasteiger partial charge in [0, 0.05) is 13.5 Å². The Morgan fingerprint density at radius 2 is 1.48 bits per heavy atom. The van der Waals surface area contributed by atoms with E-state index in [4.69, 9.17) is 14.2 Å². The van der Waals surface area contributed by atoms with E-state index in [1.54, 1.807) is 0 Å². The van der Waals surface area contributed by atoms with Gasteiger partial charge >= 0.3 is 5.97 Å². The number of hydrogen-bond donors (Lipinski definition) is 1. The second-order valence-corrected chi connectivity index (χ2v) is 10.1. The van der Waals surface area contributed by atoms with E-state index in [0.717, 1.165) is 28.7 Å². The molecule has 4 aromatic carbocycles. The van der Waals surface area contributed by atoms with Gasteiger partial charge in [0.15, 0.2) is 6.10 Å². The van der Waals surface area contributed by atoms with Crippen molar-refractivity contribution in [3.8, 4) is 5.75 Å². The Bertz CT molecular complexity index is 1470. The number of hydrogen-bond acceptors (Lipinski definition) is 4. The fourth-order valence-electron chi connectivity index (χ4n) is 5.09. The maximum atomic E-state index is 11.2. The molecule has 2 unspecified atom stereocenters. The quantitative estimate of drug-likeness (QED) is 0.212. The molecule has 0 bridgehead atoms. The molecule has 0 amide bonds. The van der Waals surface area contributed by atoms with Crippen LogP contribution < -0.4 is 4.74 Å². The van der Waals surface area contributed by atoms with Crippen LogP contribution in [0.2, 0.25) is 0 Å². The number of benzene rings is 4. The average molecular weight is 535 g/mol. The molecular formula is C35H34O5.